The predicted octanol–water partition coefficient (Wildman–Crippen LogP) is 5.39. The van der Waals surface area contributed by atoms with Gasteiger partial charge in [-0.25, -0.2) is 4.79 Å². The van der Waals surface area contributed by atoms with Crippen molar-refractivity contribution in [1.29, 1.82) is 0 Å². The molecule has 6 heteroatoms. The van der Waals surface area contributed by atoms with E-state index in [-0.39, 0.29) is 0 Å². The first-order valence-corrected chi connectivity index (χ1v) is 11.1. The van der Waals surface area contributed by atoms with Gasteiger partial charge in [-0.3, -0.25) is 4.90 Å². The number of rotatable bonds is 11. The van der Waals surface area contributed by atoms with E-state index in [1.54, 1.807) is 27.2 Å². The summed E-state index contributed by atoms with van der Waals surface area (Å²) in [7, 11) is 1.67. The van der Waals surface area contributed by atoms with Crippen molar-refractivity contribution in [1.82, 2.24) is 4.90 Å². The second-order valence-electron chi connectivity index (χ2n) is 8.86. The summed E-state index contributed by atoms with van der Waals surface area (Å²) in [6, 6.07) is 16.2. The molecule has 0 aliphatic carbocycles. The third-order valence-electron chi connectivity index (χ3n) is 5.63. The summed E-state index contributed by atoms with van der Waals surface area (Å²) in [6.45, 7) is 9.33. The lowest BCUT2D eigenvalue weighted by Gasteiger charge is -2.26. The van der Waals surface area contributed by atoms with E-state index in [4.69, 9.17) is 13.9 Å². The van der Waals surface area contributed by atoms with Gasteiger partial charge in [0.1, 0.15) is 17.3 Å². The second-order valence-corrected chi connectivity index (χ2v) is 8.86. The van der Waals surface area contributed by atoms with Crippen molar-refractivity contribution in [3.63, 3.8) is 0 Å². The van der Waals surface area contributed by atoms with Crippen molar-refractivity contribution < 1.29 is 23.8 Å². The van der Waals surface area contributed by atoms with Crippen LogP contribution in [-0.2, 0) is 24.3 Å². The van der Waals surface area contributed by atoms with Gasteiger partial charge >= 0.3 is 5.97 Å². The van der Waals surface area contributed by atoms with Crippen LogP contribution in [0.25, 0.3) is 0 Å². The van der Waals surface area contributed by atoms with Crippen LogP contribution in [0.15, 0.2) is 59.2 Å². The number of hydrogen-bond donors (Lipinski definition) is 1. The quantitative estimate of drug-likeness (QED) is 0.421. The number of hydrogen-bond acceptors (Lipinski definition) is 5. The Morgan fingerprint density at radius 2 is 1.70 bits per heavy atom. The molecule has 2 aromatic carbocycles. The fraction of sp³-hybridized carbons (Fsp3) is 0.370. The van der Waals surface area contributed by atoms with Gasteiger partial charge in [0.25, 0.3) is 0 Å². The van der Waals surface area contributed by atoms with Crippen LogP contribution in [0.3, 0.4) is 0 Å². The Kier molecular flexibility index (Phi) is 7.82. The van der Waals surface area contributed by atoms with Crippen LogP contribution in [0.4, 0.5) is 0 Å². The molecule has 0 amide bonds. The van der Waals surface area contributed by atoms with Crippen molar-refractivity contribution in [3.05, 3.63) is 82.8 Å². The van der Waals surface area contributed by atoms with E-state index in [0.29, 0.717) is 12.3 Å². The lowest BCUT2D eigenvalue weighted by molar-refractivity contribution is -0.152. The summed E-state index contributed by atoms with van der Waals surface area (Å²) in [4.78, 5) is 13.8. The van der Waals surface area contributed by atoms with Crippen LogP contribution in [0.5, 0.6) is 11.5 Å². The average molecular weight is 452 g/mol. The molecule has 176 valence electrons. The Morgan fingerprint density at radius 3 is 2.24 bits per heavy atom. The molecule has 33 heavy (non-hydrogen) atoms. The van der Waals surface area contributed by atoms with Gasteiger partial charge in [0, 0.05) is 13.1 Å². The minimum Gasteiger partial charge on any atom is -0.497 e. The topological polar surface area (TPSA) is 72.1 Å². The van der Waals surface area contributed by atoms with Gasteiger partial charge in [-0.05, 0) is 80.6 Å². The Hall–Kier alpha value is -3.25. The van der Waals surface area contributed by atoms with Gasteiger partial charge in [0.05, 0.1) is 19.9 Å². The number of carbonyl (C=O) groups is 1. The van der Waals surface area contributed by atoms with Gasteiger partial charge in [-0.15, -0.1) is 0 Å². The minimum atomic E-state index is -1.29. The summed E-state index contributed by atoms with van der Waals surface area (Å²) in [6.07, 6.45) is 2.60. The SMILES string of the molecule is COc1ccc(CCN(Cc2cc(C)c(OC(C)(C)C(=O)O)c(C)c2)Cc2ccco2)cc1. The highest BCUT2D eigenvalue weighted by atomic mass is 16.5. The third kappa shape index (κ3) is 6.62. The highest BCUT2D eigenvalue weighted by Gasteiger charge is 2.30. The number of carboxylic acid groups (broad SMARTS) is 1. The fourth-order valence-electron chi connectivity index (χ4n) is 3.77. The van der Waals surface area contributed by atoms with Crippen LogP contribution in [0.2, 0.25) is 0 Å². The number of carboxylic acids is 1. The smallest absolute Gasteiger partial charge is 0.347 e. The molecule has 6 nitrogen and oxygen atoms in total. The lowest BCUT2D eigenvalue weighted by Crippen LogP contribution is -2.38. The van der Waals surface area contributed by atoms with Crippen molar-refractivity contribution in [3.8, 4) is 11.5 Å². The van der Waals surface area contributed by atoms with Crippen LogP contribution in [-0.4, -0.2) is 35.2 Å². The summed E-state index contributed by atoms with van der Waals surface area (Å²) in [5, 5.41) is 9.42. The number of aliphatic carboxylic acids is 1. The molecule has 0 unspecified atom stereocenters. The zero-order valence-electron chi connectivity index (χ0n) is 20.1. The Balaban J connectivity index is 1.76. The van der Waals surface area contributed by atoms with Gasteiger partial charge in [0.15, 0.2) is 5.60 Å². The fourth-order valence-corrected chi connectivity index (χ4v) is 3.77. The maximum absolute atomic E-state index is 11.5. The molecule has 0 aliphatic rings. The molecule has 1 aromatic heterocycles. The monoisotopic (exact) mass is 451 g/mol. The van der Waals surface area contributed by atoms with Crippen LogP contribution >= 0.6 is 0 Å². The van der Waals surface area contributed by atoms with Gasteiger partial charge < -0.3 is 19.0 Å². The van der Waals surface area contributed by atoms with E-state index in [9.17, 15) is 9.90 Å². The van der Waals surface area contributed by atoms with E-state index in [0.717, 1.165) is 47.7 Å². The van der Waals surface area contributed by atoms with E-state index >= 15 is 0 Å². The maximum atomic E-state index is 11.5. The standard InChI is InChI=1S/C27H33NO5/c1-19-15-22(16-20(2)25(19)33-27(3,4)26(29)30)17-28(18-24-7-6-14-32-24)13-12-21-8-10-23(31-5)11-9-21/h6-11,14-16H,12-13,17-18H2,1-5H3,(H,29,30). The zero-order chi connectivity index (χ0) is 24.0. The molecule has 3 rings (SSSR count). The maximum Gasteiger partial charge on any atom is 0.347 e. The normalized spacial score (nSPS) is 11.6. The molecule has 0 bridgehead atoms. The molecule has 0 saturated carbocycles. The number of aryl methyl sites for hydroxylation is 2. The Bertz CT molecular complexity index is 1030. The molecular weight excluding hydrogens is 418 g/mol. The third-order valence-corrected chi connectivity index (χ3v) is 5.63. The van der Waals surface area contributed by atoms with Crippen molar-refractivity contribution >= 4 is 5.97 Å². The molecule has 1 heterocycles. The molecule has 0 radical (unpaired) electrons. The van der Waals surface area contributed by atoms with Gasteiger partial charge in [0.2, 0.25) is 0 Å². The molecule has 3 aromatic rings. The molecule has 0 saturated heterocycles. The highest BCUT2D eigenvalue weighted by Crippen LogP contribution is 2.29. The number of furan rings is 1. The zero-order valence-corrected chi connectivity index (χ0v) is 20.1. The molecule has 0 spiro atoms. The van der Waals surface area contributed by atoms with Crippen molar-refractivity contribution in [2.75, 3.05) is 13.7 Å². The summed E-state index contributed by atoms with van der Waals surface area (Å²) in [5.74, 6) is 1.40. The second kappa shape index (κ2) is 10.6. The minimum absolute atomic E-state index is 0.627. The van der Waals surface area contributed by atoms with Crippen molar-refractivity contribution in [2.45, 2.75) is 52.8 Å². The van der Waals surface area contributed by atoms with E-state index in [2.05, 4.69) is 29.2 Å². The largest absolute Gasteiger partial charge is 0.497 e. The average Bonchev–Trinajstić information content (AvgIpc) is 3.28. The first kappa shape index (κ1) is 24.4. The van der Waals surface area contributed by atoms with Crippen LogP contribution in [0.1, 0.15) is 41.9 Å². The highest BCUT2D eigenvalue weighted by molar-refractivity contribution is 5.77. The van der Waals surface area contributed by atoms with E-state index < -0.39 is 11.6 Å². The molecule has 0 fully saturated rings. The number of methoxy groups -OCH3 is 1. The summed E-state index contributed by atoms with van der Waals surface area (Å²) < 4.78 is 16.7. The van der Waals surface area contributed by atoms with E-state index in [1.165, 1.54) is 5.56 Å². The molecule has 1 N–H and O–H groups in total. The van der Waals surface area contributed by atoms with E-state index in [1.807, 2.05) is 38.1 Å². The summed E-state index contributed by atoms with van der Waals surface area (Å²) in [5.41, 5.74) is 2.94. The predicted molar refractivity (Wildman–Crippen MR) is 128 cm³/mol. The van der Waals surface area contributed by atoms with Crippen LogP contribution < -0.4 is 9.47 Å². The Morgan fingerprint density at radius 1 is 1.03 bits per heavy atom. The van der Waals surface area contributed by atoms with Crippen molar-refractivity contribution in [2.24, 2.45) is 0 Å². The molecule has 0 atom stereocenters. The van der Waals surface area contributed by atoms with Crippen LogP contribution in [0, 0.1) is 13.8 Å². The number of benzene rings is 2. The van der Waals surface area contributed by atoms with Gasteiger partial charge in [-0.1, -0.05) is 24.3 Å². The first-order chi connectivity index (χ1) is 15.7. The molecule has 0 aliphatic heterocycles. The Labute approximate surface area is 195 Å². The lowest BCUT2D eigenvalue weighted by atomic mass is 10.0. The number of ether oxygens (including phenoxy) is 2. The first-order valence-electron chi connectivity index (χ1n) is 11.1. The molecular formula is C27H33NO5. The number of nitrogens with zero attached hydrogens (tertiary/aromatic N) is 1. The summed E-state index contributed by atoms with van der Waals surface area (Å²) >= 11 is 0. The van der Waals surface area contributed by atoms with Gasteiger partial charge in [-0.2, -0.15) is 0 Å².